The highest BCUT2D eigenvalue weighted by molar-refractivity contribution is 5.37. The summed E-state index contributed by atoms with van der Waals surface area (Å²) in [6.07, 6.45) is 3.37. The topological polar surface area (TPSA) is 37.4 Å². The molecule has 2 aliphatic heterocycles. The smallest absolute Gasteiger partial charge is 0.165 e. The van der Waals surface area contributed by atoms with Crippen molar-refractivity contribution in [3.63, 3.8) is 0 Å². The van der Waals surface area contributed by atoms with Gasteiger partial charge in [0, 0.05) is 32.3 Å². The van der Waals surface area contributed by atoms with Crippen molar-refractivity contribution in [1.29, 1.82) is 0 Å². The average Bonchev–Trinajstić information content (AvgIpc) is 3.19. The van der Waals surface area contributed by atoms with E-state index in [1.807, 2.05) is 12.1 Å². The Kier molecular flexibility index (Phi) is 4.39. The normalized spacial score (nSPS) is 26.4. The molecule has 2 atom stereocenters. The van der Waals surface area contributed by atoms with Crippen molar-refractivity contribution in [2.75, 3.05) is 25.0 Å². The lowest BCUT2D eigenvalue weighted by molar-refractivity contribution is 0.0120. The SMILES string of the molecule is Fc1ccc(CN2CC[C@]3(C[C@H](Nc4ncccc4F)CO3)C2)cc1. The fraction of sp³-hybridized carbons (Fsp3) is 0.421. The summed E-state index contributed by atoms with van der Waals surface area (Å²) in [5.74, 6) is -0.265. The largest absolute Gasteiger partial charge is 0.371 e. The van der Waals surface area contributed by atoms with E-state index < -0.39 is 0 Å². The molecule has 6 heteroatoms. The molecule has 132 valence electrons. The summed E-state index contributed by atoms with van der Waals surface area (Å²) < 4.78 is 32.9. The van der Waals surface area contributed by atoms with Gasteiger partial charge in [0.2, 0.25) is 0 Å². The third-order valence-corrected chi connectivity index (χ3v) is 5.02. The number of pyridine rings is 1. The molecule has 0 saturated carbocycles. The van der Waals surface area contributed by atoms with Crippen molar-refractivity contribution in [2.24, 2.45) is 0 Å². The third-order valence-electron chi connectivity index (χ3n) is 5.02. The predicted molar refractivity (Wildman–Crippen MR) is 91.2 cm³/mol. The summed E-state index contributed by atoms with van der Waals surface area (Å²) in [4.78, 5) is 6.38. The van der Waals surface area contributed by atoms with Crippen LogP contribution in [-0.2, 0) is 11.3 Å². The van der Waals surface area contributed by atoms with Gasteiger partial charge >= 0.3 is 0 Å². The second-order valence-electron chi connectivity index (χ2n) is 6.96. The van der Waals surface area contributed by atoms with Crippen LogP contribution < -0.4 is 5.32 Å². The number of rotatable bonds is 4. The van der Waals surface area contributed by atoms with Gasteiger partial charge in [0.25, 0.3) is 0 Å². The van der Waals surface area contributed by atoms with Gasteiger partial charge in [-0.25, -0.2) is 13.8 Å². The van der Waals surface area contributed by atoms with Crippen molar-refractivity contribution in [1.82, 2.24) is 9.88 Å². The molecule has 4 nitrogen and oxygen atoms in total. The number of halogens is 2. The molecular formula is C19H21F2N3O. The van der Waals surface area contributed by atoms with Crippen LogP contribution in [0.3, 0.4) is 0 Å². The minimum atomic E-state index is -0.340. The third kappa shape index (κ3) is 3.65. The zero-order chi connectivity index (χ0) is 17.3. The molecule has 4 rings (SSSR count). The number of likely N-dealkylation sites (tertiary alicyclic amines) is 1. The summed E-state index contributed by atoms with van der Waals surface area (Å²) in [5.41, 5.74) is 0.921. The van der Waals surface area contributed by atoms with E-state index in [1.165, 1.54) is 18.2 Å². The minimum absolute atomic E-state index is 0.0650. The monoisotopic (exact) mass is 345 g/mol. The molecule has 1 aromatic heterocycles. The number of hydrogen-bond donors (Lipinski definition) is 1. The molecule has 2 aromatic rings. The van der Waals surface area contributed by atoms with Gasteiger partial charge in [-0.05, 0) is 36.2 Å². The highest BCUT2D eigenvalue weighted by Gasteiger charge is 2.45. The minimum Gasteiger partial charge on any atom is -0.371 e. The number of hydrogen-bond acceptors (Lipinski definition) is 4. The Labute approximate surface area is 145 Å². The van der Waals surface area contributed by atoms with Crippen LogP contribution in [0.1, 0.15) is 18.4 Å². The van der Waals surface area contributed by atoms with Gasteiger partial charge in [0.15, 0.2) is 11.6 Å². The summed E-state index contributed by atoms with van der Waals surface area (Å²) in [6, 6.07) is 9.69. The molecular weight excluding hydrogens is 324 g/mol. The number of aromatic nitrogens is 1. The van der Waals surface area contributed by atoms with Crippen molar-refractivity contribution in [3.05, 3.63) is 59.8 Å². The maximum Gasteiger partial charge on any atom is 0.165 e. The van der Waals surface area contributed by atoms with E-state index in [0.717, 1.165) is 38.0 Å². The molecule has 2 saturated heterocycles. The van der Waals surface area contributed by atoms with Crippen LogP contribution in [0.5, 0.6) is 0 Å². The van der Waals surface area contributed by atoms with E-state index in [1.54, 1.807) is 12.3 Å². The fourth-order valence-corrected chi connectivity index (χ4v) is 3.82. The number of ether oxygens (including phenoxy) is 1. The summed E-state index contributed by atoms with van der Waals surface area (Å²) in [6.45, 7) is 3.13. The molecule has 0 radical (unpaired) electrons. The maximum atomic E-state index is 13.7. The number of nitrogens with zero attached hydrogens (tertiary/aromatic N) is 2. The molecule has 0 unspecified atom stereocenters. The number of nitrogens with one attached hydrogen (secondary N) is 1. The first-order chi connectivity index (χ1) is 12.1. The lowest BCUT2D eigenvalue weighted by Gasteiger charge is -2.23. The standard InChI is InChI=1S/C19H21F2N3O/c20-15-5-3-14(4-6-15)11-24-9-7-19(13-24)10-16(12-25-19)23-18-17(21)2-1-8-22-18/h1-6,8,16H,7,9-13H2,(H,22,23)/t16-,19-/m0/s1. The second-order valence-corrected chi connectivity index (χ2v) is 6.96. The quantitative estimate of drug-likeness (QED) is 0.923. The van der Waals surface area contributed by atoms with E-state index in [0.29, 0.717) is 6.61 Å². The summed E-state index contributed by atoms with van der Waals surface area (Å²) in [7, 11) is 0. The molecule has 1 aromatic carbocycles. The van der Waals surface area contributed by atoms with Gasteiger partial charge in [-0.3, -0.25) is 4.90 Å². The predicted octanol–water partition coefficient (Wildman–Crippen LogP) is 3.21. The fourth-order valence-electron chi connectivity index (χ4n) is 3.82. The van der Waals surface area contributed by atoms with Crippen LogP contribution >= 0.6 is 0 Å². The Morgan fingerprint density at radius 3 is 2.88 bits per heavy atom. The van der Waals surface area contributed by atoms with Gasteiger partial charge < -0.3 is 10.1 Å². The molecule has 2 aliphatic rings. The van der Waals surface area contributed by atoms with E-state index in [2.05, 4.69) is 15.2 Å². The van der Waals surface area contributed by atoms with Crippen molar-refractivity contribution >= 4 is 5.82 Å². The van der Waals surface area contributed by atoms with Crippen molar-refractivity contribution in [3.8, 4) is 0 Å². The lowest BCUT2D eigenvalue weighted by atomic mass is 9.97. The van der Waals surface area contributed by atoms with Gasteiger partial charge in [-0.1, -0.05) is 12.1 Å². The Bertz CT molecular complexity index is 740. The second kappa shape index (κ2) is 6.69. The van der Waals surface area contributed by atoms with Crippen LogP contribution in [0.4, 0.5) is 14.6 Å². The lowest BCUT2D eigenvalue weighted by Crippen LogP contribution is -2.33. The first-order valence-electron chi connectivity index (χ1n) is 8.60. The maximum absolute atomic E-state index is 13.7. The van der Waals surface area contributed by atoms with E-state index in [-0.39, 0.29) is 29.1 Å². The summed E-state index contributed by atoms with van der Waals surface area (Å²) >= 11 is 0. The average molecular weight is 345 g/mol. The first-order valence-corrected chi connectivity index (χ1v) is 8.60. The zero-order valence-electron chi connectivity index (χ0n) is 13.9. The Hall–Kier alpha value is -2.05. The molecule has 3 heterocycles. The Balaban J connectivity index is 1.35. The van der Waals surface area contributed by atoms with Crippen LogP contribution in [-0.4, -0.2) is 41.2 Å². The molecule has 1 spiro atoms. The Morgan fingerprint density at radius 2 is 2.08 bits per heavy atom. The van der Waals surface area contributed by atoms with E-state index >= 15 is 0 Å². The van der Waals surface area contributed by atoms with Gasteiger partial charge in [-0.15, -0.1) is 0 Å². The van der Waals surface area contributed by atoms with Gasteiger partial charge in [0.1, 0.15) is 5.82 Å². The summed E-state index contributed by atoms with van der Waals surface area (Å²) in [5, 5.41) is 3.16. The molecule has 25 heavy (non-hydrogen) atoms. The zero-order valence-corrected chi connectivity index (χ0v) is 13.9. The molecule has 0 bridgehead atoms. The first kappa shape index (κ1) is 16.4. The molecule has 0 aliphatic carbocycles. The van der Waals surface area contributed by atoms with Crippen molar-refractivity contribution in [2.45, 2.75) is 31.0 Å². The van der Waals surface area contributed by atoms with Crippen molar-refractivity contribution < 1.29 is 13.5 Å². The molecule has 2 fully saturated rings. The molecule has 1 N–H and O–H groups in total. The highest BCUT2D eigenvalue weighted by atomic mass is 19.1. The van der Waals surface area contributed by atoms with E-state index in [9.17, 15) is 8.78 Å². The van der Waals surface area contributed by atoms with Crippen LogP contribution in [0.25, 0.3) is 0 Å². The molecule has 0 amide bonds. The Morgan fingerprint density at radius 1 is 1.24 bits per heavy atom. The van der Waals surface area contributed by atoms with Gasteiger partial charge in [-0.2, -0.15) is 0 Å². The van der Waals surface area contributed by atoms with Crippen LogP contribution in [0, 0.1) is 11.6 Å². The number of anilines is 1. The van der Waals surface area contributed by atoms with Gasteiger partial charge in [0.05, 0.1) is 18.2 Å². The number of benzene rings is 1. The van der Waals surface area contributed by atoms with Crippen LogP contribution in [0.2, 0.25) is 0 Å². The van der Waals surface area contributed by atoms with Crippen LogP contribution in [0.15, 0.2) is 42.6 Å². The highest BCUT2D eigenvalue weighted by Crippen LogP contribution is 2.36. The van der Waals surface area contributed by atoms with E-state index in [4.69, 9.17) is 4.74 Å².